The molecule has 8 heteroatoms. The van der Waals surface area contributed by atoms with Gasteiger partial charge < -0.3 is 5.32 Å². The van der Waals surface area contributed by atoms with Crippen molar-refractivity contribution in [2.24, 2.45) is 5.10 Å². The zero-order chi connectivity index (χ0) is 24.6. The van der Waals surface area contributed by atoms with Gasteiger partial charge in [0.05, 0.1) is 18.0 Å². The molecule has 3 aromatic carbocycles. The number of para-hydroxylation sites is 1. The van der Waals surface area contributed by atoms with Crippen molar-refractivity contribution in [1.82, 2.24) is 20.2 Å². The summed E-state index contributed by atoms with van der Waals surface area (Å²) in [7, 11) is 0. The number of benzene rings is 3. The number of anilines is 1. The summed E-state index contributed by atoms with van der Waals surface area (Å²) in [5.74, 6) is 0.546. The Labute approximate surface area is 209 Å². The molecule has 4 rings (SSSR count). The molecule has 0 radical (unpaired) electrons. The van der Waals surface area contributed by atoms with Crippen LogP contribution in [0.4, 0.5) is 5.69 Å². The number of hydrogen-bond donors (Lipinski definition) is 2. The number of hydrazone groups is 1. The van der Waals surface area contributed by atoms with Crippen LogP contribution in [0.25, 0.3) is 5.69 Å². The van der Waals surface area contributed by atoms with E-state index in [0.717, 1.165) is 22.8 Å². The van der Waals surface area contributed by atoms with Crippen molar-refractivity contribution >= 4 is 29.6 Å². The fourth-order valence-corrected chi connectivity index (χ4v) is 4.19. The molecule has 0 aliphatic rings. The van der Waals surface area contributed by atoms with E-state index < -0.39 is 5.25 Å². The number of nitrogens with zero attached hydrogens (tertiary/aromatic N) is 4. The normalized spacial score (nSPS) is 12.0. The molecule has 1 atom stereocenters. The first-order valence-corrected chi connectivity index (χ1v) is 12.2. The van der Waals surface area contributed by atoms with E-state index in [-0.39, 0.29) is 5.91 Å². The van der Waals surface area contributed by atoms with Crippen LogP contribution in [0.5, 0.6) is 0 Å². The van der Waals surface area contributed by atoms with Crippen LogP contribution in [-0.4, -0.2) is 32.1 Å². The summed E-state index contributed by atoms with van der Waals surface area (Å²) in [6.45, 7) is 6.41. The van der Waals surface area contributed by atoms with Crippen LogP contribution in [0.3, 0.4) is 0 Å². The molecule has 178 valence electrons. The molecular formula is C27H28N6OS. The lowest BCUT2D eigenvalue weighted by atomic mass is 10.2. The Kier molecular flexibility index (Phi) is 7.95. The standard InChI is InChI=1S/C27H28N6OS/c1-19-9-13-22(14-10-19)17-29-31-26(34)21(3)35-27-32-30-25(33(27)24-7-5-4-6-8-24)18-28-23-15-11-20(2)12-16-23/h4-17,21,28H,18H2,1-3H3,(H,31,34)/b29-17-/t21-/m1/s1. The minimum Gasteiger partial charge on any atom is -0.378 e. The third kappa shape index (κ3) is 6.58. The first kappa shape index (κ1) is 24.2. The van der Waals surface area contributed by atoms with Crippen LogP contribution in [0.2, 0.25) is 0 Å². The van der Waals surface area contributed by atoms with Crippen LogP contribution in [-0.2, 0) is 11.3 Å². The first-order chi connectivity index (χ1) is 17.0. The van der Waals surface area contributed by atoms with E-state index in [2.05, 4.69) is 45.1 Å². The van der Waals surface area contributed by atoms with Gasteiger partial charge >= 0.3 is 0 Å². The number of rotatable bonds is 9. The van der Waals surface area contributed by atoms with Gasteiger partial charge in [0.2, 0.25) is 0 Å². The molecule has 0 saturated heterocycles. The minimum atomic E-state index is -0.422. The summed E-state index contributed by atoms with van der Waals surface area (Å²) in [6, 6.07) is 26.0. The largest absolute Gasteiger partial charge is 0.378 e. The third-order valence-electron chi connectivity index (χ3n) is 5.33. The van der Waals surface area contributed by atoms with Gasteiger partial charge in [-0.1, -0.05) is 77.5 Å². The number of amides is 1. The minimum absolute atomic E-state index is 0.208. The smallest absolute Gasteiger partial charge is 0.253 e. The van der Waals surface area contributed by atoms with Crippen molar-refractivity contribution in [3.8, 4) is 5.69 Å². The molecule has 1 amide bonds. The van der Waals surface area contributed by atoms with Crippen molar-refractivity contribution in [2.75, 3.05) is 5.32 Å². The second-order valence-electron chi connectivity index (χ2n) is 8.19. The van der Waals surface area contributed by atoms with Crippen LogP contribution in [0.15, 0.2) is 89.1 Å². The average molecular weight is 485 g/mol. The molecular weight excluding hydrogens is 456 g/mol. The quantitative estimate of drug-likeness (QED) is 0.196. The molecule has 0 bridgehead atoms. The van der Waals surface area contributed by atoms with Gasteiger partial charge in [-0.15, -0.1) is 10.2 Å². The molecule has 0 saturated carbocycles. The van der Waals surface area contributed by atoms with Crippen molar-refractivity contribution in [1.29, 1.82) is 0 Å². The summed E-state index contributed by atoms with van der Waals surface area (Å²) in [4.78, 5) is 12.7. The monoisotopic (exact) mass is 484 g/mol. The molecule has 4 aromatic rings. The summed E-state index contributed by atoms with van der Waals surface area (Å²) >= 11 is 1.34. The molecule has 0 unspecified atom stereocenters. The van der Waals surface area contributed by atoms with Crippen molar-refractivity contribution in [3.05, 3.63) is 101 Å². The van der Waals surface area contributed by atoms with E-state index in [0.29, 0.717) is 11.7 Å². The van der Waals surface area contributed by atoms with Gasteiger partial charge in [-0.3, -0.25) is 9.36 Å². The number of aryl methyl sites for hydroxylation is 2. The Morgan fingerprint density at radius 1 is 0.971 bits per heavy atom. The van der Waals surface area contributed by atoms with E-state index in [4.69, 9.17) is 0 Å². The molecule has 0 spiro atoms. The van der Waals surface area contributed by atoms with Crippen LogP contribution in [0.1, 0.15) is 29.4 Å². The van der Waals surface area contributed by atoms with Gasteiger partial charge in [0.1, 0.15) is 0 Å². The van der Waals surface area contributed by atoms with Crippen LogP contribution >= 0.6 is 11.8 Å². The predicted octanol–water partition coefficient (Wildman–Crippen LogP) is 5.13. The average Bonchev–Trinajstić information content (AvgIpc) is 3.27. The number of carbonyl (C=O) groups is 1. The maximum atomic E-state index is 12.7. The Hall–Kier alpha value is -3.91. The lowest BCUT2D eigenvalue weighted by Crippen LogP contribution is -2.27. The number of aromatic nitrogens is 3. The predicted molar refractivity (Wildman–Crippen MR) is 142 cm³/mol. The highest BCUT2D eigenvalue weighted by Gasteiger charge is 2.21. The van der Waals surface area contributed by atoms with Crippen molar-refractivity contribution in [2.45, 2.75) is 37.7 Å². The van der Waals surface area contributed by atoms with Crippen LogP contribution in [0, 0.1) is 13.8 Å². The van der Waals surface area contributed by atoms with E-state index in [1.807, 2.05) is 85.1 Å². The summed E-state index contributed by atoms with van der Waals surface area (Å²) in [5, 5.41) is 16.5. The molecule has 0 fully saturated rings. The van der Waals surface area contributed by atoms with Gasteiger partial charge in [-0.05, 0) is 50.6 Å². The lowest BCUT2D eigenvalue weighted by Gasteiger charge is -2.13. The number of carbonyl (C=O) groups excluding carboxylic acids is 1. The summed E-state index contributed by atoms with van der Waals surface area (Å²) in [6.07, 6.45) is 1.63. The Bertz CT molecular complexity index is 1280. The zero-order valence-electron chi connectivity index (χ0n) is 20.0. The fourth-order valence-electron chi connectivity index (χ4n) is 3.31. The molecule has 35 heavy (non-hydrogen) atoms. The van der Waals surface area contributed by atoms with Gasteiger partial charge in [0.25, 0.3) is 5.91 Å². The van der Waals surface area contributed by atoms with E-state index in [1.54, 1.807) is 6.21 Å². The number of nitrogens with one attached hydrogen (secondary N) is 2. The summed E-state index contributed by atoms with van der Waals surface area (Å²) < 4.78 is 1.98. The van der Waals surface area contributed by atoms with E-state index >= 15 is 0 Å². The zero-order valence-corrected chi connectivity index (χ0v) is 20.8. The maximum Gasteiger partial charge on any atom is 0.253 e. The van der Waals surface area contributed by atoms with Gasteiger partial charge in [0, 0.05) is 11.4 Å². The van der Waals surface area contributed by atoms with E-state index in [1.165, 1.54) is 22.9 Å². The molecule has 7 nitrogen and oxygen atoms in total. The Morgan fingerprint density at radius 2 is 1.63 bits per heavy atom. The maximum absolute atomic E-state index is 12.7. The molecule has 1 heterocycles. The highest BCUT2D eigenvalue weighted by Crippen LogP contribution is 2.26. The van der Waals surface area contributed by atoms with Crippen molar-refractivity contribution in [3.63, 3.8) is 0 Å². The van der Waals surface area contributed by atoms with E-state index in [9.17, 15) is 4.79 Å². The second kappa shape index (κ2) is 11.5. The highest BCUT2D eigenvalue weighted by atomic mass is 32.2. The first-order valence-electron chi connectivity index (χ1n) is 11.4. The third-order valence-corrected chi connectivity index (χ3v) is 6.38. The van der Waals surface area contributed by atoms with Gasteiger partial charge in [-0.25, -0.2) is 5.43 Å². The summed E-state index contributed by atoms with van der Waals surface area (Å²) in [5.41, 5.74) is 7.87. The second-order valence-corrected chi connectivity index (χ2v) is 9.50. The number of thioether (sulfide) groups is 1. The molecule has 0 aliphatic carbocycles. The van der Waals surface area contributed by atoms with Gasteiger partial charge in [0.15, 0.2) is 11.0 Å². The highest BCUT2D eigenvalue weighted by molar-refractivity contribution is 8.00. The number of hydrogen-bond acceptors (Lipinski definition) is 6. The fraction of sp³-hybridized carbons (Fsp3) is 0.185. The topological polar surface area (TPSA) is 84.2 Å². The Balaban J connectivity index is 1.46. The lowest BCUT2D eigenvalue weighted by molar-refractivity contribution is -0.120. The SMILES string of the molecule is Cc1ccc(/C=N\NC(=O)[C@@H](C)Sc2nnc(CNc3ccc(C)cc3)n2-c2ccccc2)cc1. The molecule has 1 aromatic heterocycles. The Morgan fingerprint density at radius 3 is 2.31 bits per heavy atom. The van der Waals surface area contributed by atoms with Gasteiger partial charge in [-0.2, -0.15) is 5.10 Å². The molecule has 2 N–H and O–H groups in total. The van der Waals surface area contributed by atoms with Crippen molar-refractivity contribution < 1.29 is 4.79 Å². The molecule has 0 aliphatic heterocycles. The van der Waals surface area contributed by atoms with Crippen LogP contribution < -0.4 is 10.7 Å².